The molecule has 0 saturated carbocycles. The second-order valence-corrected chi connectivity index (χ2v) is 0. The molecule has 0 aliphatic rings. The molecule has 0 heterocycles. The van der Waals surface area contributed by atoms with Gasteiger partial charge in [-0.1, -0.05) is 0 Å². The van der Waals surface area contributed by atoms with E-state index in [2.05, 4.69) is 60.2 Å². The van der Waals surface area contributed by atoms with Gasteiger partial charge in [-0.2, -0.15) is 0 Å². The van der Waals surface area contributed by atoms with Crippen molar-refractivity contribution in [1.29, 1.82) is 0 Å². The summed E-state index contributed by atoms with van der Waals surface area (Å²) in [5.41, 5.74) is 18.0. The van der Waals surface area contributed by atoms with Crippen LogP contribution in [0.1, 0.15) is 0 Å². The molecule has 0 rings (SSSR count). The van der Waals surface area contributed by atoms with Gasteiger partial charge in [-0.15, -0.1) is 0 Å². The molecule has 0 radical (unpaired) electrons. The van der Waals surface area contributed by atoms with Gasteiger partial charge in [0.1, 0.15) is 0 Å². The van der Waals surface area contributed by atoms with Gasteiger partial charge >= 0.3 is 0 Å². The first-order valence-electron chi connectivity index (χ1n) is 2.45. The first kappa shape index (κ1) is 30.2. The van der Waals surface area contributed by atoms with Gasteiger partial charge in [-0.25, -0.2) is 0 Å². The van der Waals surface area contributed by atoms with E-state index in [0.717, 1.165) is 0 Å². The minimum Gasteiger partial charge on any atom is -0.333 e. The molecule has 0 saturated heterocycles. The number of hydrogen-bond donors (Lipinski definition) is 4. The molecule has 0 atom stereocenters. The highest BCUT2D eigenvalue weighted by Gasteiger charge is 1.00. The third kappa shape index (κ3) is 379. The van der Waals surface area contributed by atoms with E-state index >= 15 is 0 Å². The van der Waals surface area contributed by atoms with E-state index in [1.165, 1.54) is 28.2 Å². The van der Waals surface area contributed by atoms with Crippen molar-refractivity contribution in [3.8, 4) is 0 Å². The summed E-state index contributed by atoms with van der Waals surface area (Å²) in [6.07, 6.45) is 0. The lowest BCUT2D eigenvalue weighted by atomic mass is 11.6. The largest absolute Gasteiger partial charge is 0.333 e. The summed E-state index contributed by atoms with van der Waals surface area (Å²) < 4.78 is 0. The van der Waals surface area contributed by atoms with Crippen molar-refractivity contribution < 1.29 is 0 Å². The number of rotatable bonds is 0. The fraction of sp³-hybridized carbons (Fsp3) is 1.00. The molecule has 0 unspecified atom stereocenters. The average Bonchev–Trinajstić information content (AvgIpc) is 2.20. The zero-order valence-electron chi connectivity index (χ0n) is 7.07. The van der Waals surface area contributed by atoms with Gasteiger partial charge < -0.3 is 22.9 Å². The molecule has 0 amide bonds. The molecular formula is C4H20I2N4. The maximum Gasteiger partial charge on any atom is 0 e. The summed E-state index contributed by atoms with van der Waals surface area (Å²) >= 11 is 4.24. The van der Waals surface area contributed by atoms with Crippen molar-refractivity contribution in [3.63, 3.8) is 0 Å². The van der Waals surface area contributed by atoms with Crippen LogP contribution in [0.25, 0.3) is 0 Å². The zero-order valence-corrected chi connectivity index (χ0v) is 11.4. The van der Waals surface area contributed by atoms with Crippen molar-refractivity contribution >= 4 is 37.2 Å². The molecule has 0 fully saturated rings. The Kier molecular flexibility index (Phi) is 1590. The van der Waals surface area contributed by atoms with Crippen LogP contribution in [-0.2, 0) is 0 Å². The molecule has 8 N–H and O–H groups in total. The lowest BCUT2D eigenvalue weighted by Gasteiger charge is -1.19. The van der Waals surface area contributed by atoms with Gasteiger partial charge in [0.2, 0.25) is 0 Å². The van der Waals surface area contributed by atoms with Crippen molar-refractivity contribution in [3.05, 3.63) is 0 Å². The van der Waals surface area contributed by atoms with Crippen molar-refractivity contribution in [2.45, 2.75) is 0 Å². The molecule has 6 heteroatoms. The van der Waals surface area contributed by atoms with E-state index in [-0.39, 0.29) is 0 Å². The topological polar surface area (TPSA) is 104 Å². The smallest absolute Gasteiger partial charge is 0 e. The Morgan fingerprint density at radius 3 is 0.500 bits per heavy atom. The highest BCUT2D eigenvalue weighted by atomic mass is 128. The summed E-state index contributed by atoms with van der Waals surface area (Å²) in [6.45, 7) is 0. The second-order valence-electron chi connectivity index (χ2n) is 0. The molecule has 0 aromatic heterocycles. The van der Waals surface area contributed by atoms with Crippen LogP contribution in [0.3, 0.4) is 0 Å². The molecule has 70 valence electrons. The maximum absolute atomic E-state index is 4.50. The summed E-state index contributed by atoms with van der Waals surface area (Å²) in [4.78, 5) is 0. The normalized spacial score (nSPS) is 3.00. The van der Waals surface area contributed by atoms with Gasteiger partial charge in [0, 0.05) is 37.2 Å². The minimum absolute atomic E-state index is 1.50. The van der Waals surface area contributed by atoms with E-state index in [4.69, 9.17) is 0 Å². The monoisotopic (exact) mass is 378 g/mol. The highest BCUT2D eigenvalue weighted by molar-refractivity contribution is 15.0. The van der Waals surface area contributed by atoms with Crippen LogP contribution in [0, 0.1) is 0 Å². The van der Waals surface area contributed by atoms with E-state index in [9.17, 15) is 0 Å². The fourth-order valence-electron chi connectivity index (χ4n) is 0. The first-order chi connectivity index (χ1) is 5.00. The first-order valence-corrected chi connectivity index (χ1v) is 8.74. The van der Waals surface area contributed by atoms with Crippen LogP contribution < -0.4 is 22.9 Å². The molecule has 0 spiro atoms. The Bertz CT molecular complexity index is 15.2. The van der Waals surface area contributed by atoms with Crippen molar-refractivity contribution in [2.24, 2.45) is 22.9 Å². The Hall–Kier alpha value is 1.30. The molecule has 4 nitrogen and oxygen atoms in total. The zero-order chi connectivity index (χ0) is 10.0. The van der Waals surface area contributed by atoms with Crippen molar-refractivity contribution in [2.75, 3.05) is 28.2 Å². The summed E-state index contributed by atoms with van der Waals surface area (Å²) in [6, 6.07) is 0. The maximum atomic E-state index is 4.50. The Labute approximate surface area is 87.8 Å². The lowest BCUT2D eigenvalue weighted by molar-refractivity contribution is 1.48. The van der Waals surface area contributed by atoms with E-state index in [1.807, 2.05) is 0 Å². The highest BCUT2D eigenvalue weighted by Crippen LogP contribution is 1.89. The summed E-state index contributed by atoms with van der Waals surface area (Å²) in [5.74, 6) is 0. The molecule has 0 aliphatic heterocycles. The van der Waals surface area contributed by atoms with Crippen LogP contribution in [0.5, 0.6) is 0 Å². The Balaban J connectivity index is -0.0000000104. The summed E-state index contributed by atoms with van der Waals surface area (Å²) in [5, 5.41) is 0. The van der Waals surface area contributed by atoms with Gasteiger partial charge in [0.15, 0.2) is 0 Å². The van der Waals surface area contributed by atoms with Crippen molar-refractivity contribution in [1.82, 2.24) is 0 Å². The minimum atomic E-state index is 1.50. The third-order valence-electron chi connectivity index (χ3n) is 0. The van der Waals surface area contributed by atoms with Crippen LogP contribution in [0.4, 0.5) is 0 Å². The molecule has 0 aromatic rings. The van der Waals surface area contributed by atoms with Gasteiger partial charge in [-0.3, -0.25) is 0 Å². The molecule has 10 heavy (non-hydrogen) atoms. The average molecular weight is 378 g/mol. The molecular weight excluding hydrogens is 358 g/mol. The van der Waals surface area contributed by atoms with Crippen LogP contribution in [-0.4, -0.2) is 28.2 Å². The molecule has 0 aliphatic carbocycles. The number of hydrogen-bond acceptors (Lipinski definition) is 4. The van der Waals surface area contributed by atoms with Crippen LogP contribution >= 0.6 is 37.2 Å². The Morgan fingerprint density at radius 2 is 0.500 bits per heavy atom. The van der Waals surface area contributed by atoms with E-state index < -0.39 is 0 Å². The number of nitrogens with two attached hydrogens (primary N) is 4. The molecule has 0 aromatic carbocycles. The third-order valence-corrected chi connectivity index (χ3v) is 0. The van der Waals surface area contributed by atoms with Crippen LogP contribution in [0.2, 0.25) is 0 Å². The van der Waals surface area contributed by atoms with Gasteiger partial charge in [-0.05, 0) is 28.2 Å². The number of halogens is 2. The van der Waals surface area contributed by atoms with Gasteiger partial charge in [0.25, 0.3) is 0 Å². The van der Waals surface area contributed by atoms with E-state index in [0.29, 0.717) is 0 Å². The fourth-order valence-corrected chi connectivity index (χ4v) is 0. The molecule has 0 bridgehead atoms. The van der Waals surface area contributed by atoms with E-state index in [1.54, 1.807) is 0 Å². The van der Waals surface area contributed by atoms with Gasteiger partial charge in [0.05, 0.1) is 0 Å². The predicted molar refractivity (Wildman–Crippen MR) is 68.5 cm³/mol. The van der Waals surface area contributed by atoms with Crippen LogP contribution in [0.15, 0.2) is 0 Å². The standard InChI is InChI=1S/4CH5N.I2/c5*1-2/h4*2H2,1H3;. The predicted octanol–water partition coefficient (Wildman–Crippen LogP) is 0.0710. The SMILES string of the molecule is CN.CN.CN.CN.II. The summed E-state index contributed by atoms with van der Waals surface area (Å²) in [7, 11) is 6.00. The Morgan fingerprint density at radius 1 is 0.500 bits per heavy atom. The quantitative estimate of drug-likeness (QED) is 0.448. The second kappa shape index (κ2) is 527. The lowest BCUT2D eigenvalue weighted by Crippen LogP contribution is -1.69.